The average molecular weight is 318 g/mol. The van der Waals surface area contributed by atoms with Crippen LogP contribution in [-0.2, 0) is 14.3 Å². The normalized spacial score (nSPS) is 16.1. The number of carbonyl (C=O) groups is 2. The van der Waals surface area contributed by atoms with Gasteiger partial charge in [0.1, 0.15) is 6.54 Å². The van der Waals surface area contributed by atoms with Crippen LogP contribution in [0.2, 0.25) is 0 Å². The van der Waals surface area contributed by atoms with Gasteiger partial charge in [-0.15, -0.1) is 0 Å². The van der Waals surface area contributed by atoms with Crippen molar-refractivity contribution in [2.24, 2.45) is 5.92 Å². The van der Waals surface area contributed by atoms with Gasteiger partial charge in [0.2, 0.25) is 5.91 Å². The number of esters is 1. The molecule has 0 aromatic heterocycles. The Balaban J connectivity index is 2.03. The summed E-state index contributed by atoms with van der Waals surface area (Å²) in [4.78, 5) is 28.2. The van der Waals surface area contributed by atoms with Crippen LogP contribution in [0.3, 0.4) is 0 Å². The summed E-state index contributed by atoms with van der Waals surface area (Å²) in [7, 11) is 0. The van der Waals surface area contributed by atoms with Crippen molar-refractivity contribution in [2.45, 2.75) is 26.7 Å². The lowest BCUT2D eigenvalue weighted by atomic mass is 9.99. The molecule has 1 amide bonds. The fourth-order valence-electron chi connectivity index (χ4n) is 2.76. The second-order valence-corrected chi connectivity index (χ2v) is 6.08. The summed E-state index contributed by atoms with van der Waals surface area (Å²) in [5.74, 6) is 0.293. The van der Waals surface area contributed by atoms with Crippen LogP contribution in [0.15, 0.2) is 30.3 Å². The number of piperidine rings is 1. The first-order valence-corrected chi connectivity index (χ1v) is 8.33. The van der Waals surface area contributed by atoms with Crippen molar-refractivity contribution in [3.8, 4) is 0 Å². The lowest BCUT2D eigenvalue weighted by molar-refractivity contribution is -0.142. The number of amides is 1. The summed E-state index contributed by atoms with van der Waals surface area (Å²) < 4.78 is 5.00. The van der Waals surface area contributed by atoms with Crippen LogP contribution in [-0.4, -0.2) is 49.6 Å². The molecule has 1 aliphatic rings. The van der Waals surface area contributed by atoms with E-state index in [4.69, 9.17) is 4.74 Å². The van der Waals surface area contributed by atoms with Crippen molar-refractivity contribution in [3.63, 3.8) is 0 Å². The van der Waals surface area contributed by atoms with E-state index in [9.17, 15) is 9.59 Å². The van der Waals surface area contributed by atoms with Crippen LogP contribution < -0.4 is 4.90 Å². The van der Waals surface area contributed by atoms with Gasteiger partial charge in [-0.3, -0.25) is 14.5 Å². The quantitative estimate of drug-likeness (QED) is 0.755. The maximum atomic E-state index is 12.7. The zero-order chi connectivity index (χ0) is 16.7. The van der Waals surface area contributed by atoms with Crippen LogP contribution in [0.1, 0.15) is 26.7 Å². The Kier molecular flexibility index (Phi) is 6.59. The number of nitrogens with zero attached hydrogens (tertiary/aromatic N) is 2. The third-order valence-electron chi connectivity index (χ3n) is 4.20. The molecule has 1 fully saturated rings. The second kappa shape index (κ2) is 8.67. The molecule has 0 spiro atoms. The van der Waals surface area contributed by atoms with E-state index in [-0.39, 0.29) is 18.4 Å². The standard InChI is InChI=1S/C18H26N2O3/c1-3-23-18(22)14-20(16-7-5-4-6-8-16)17(21)13-19-11-9-15(2)10-12-19/h4-8,15H,3,9-14H2,1-2H3. The fraction of sp³-hybridized carbons (Fsp3) is 0.556. The predicted octanol–water partition coefficient (Wildman–Crippen LogP) is 2.31. The maximum Gasteiger partial charge on any atom is 0.326 e. The monoisotopic (exact) mass is 318 g/mol. The SMILES string of the molecule is CCOC(=O)CN(C(=O)CN1CCC(C)CC1)c1ccccc1. The Bertz CT molecular complexity index is 510. The molecule has 1 saturated heterocycles. The number of hydrogen-bond donors (Lipinski definition) is 0. The molecule has 1 aliphatic heterocycles. The van der Waals surface area contributed by atoms with Crippen LogP contribution in [0.25, 0.3) is 0 Å². The van der Waals surface area contributed by atoms with Gasteiger partial charge in [-0.2, -0.15) is 0 Å². The second-order valence-electron chi connectivity index (χ2n) is 6.08. The minimum absolute atomic E-state index is 0.0407. The highest BCUT2D eigenvalue weighted by atomic mass is 16.5. The molecule has 23 heavy (non-hydrogen) atoms. The number of anilines is 1. The molecule has 0 saturated carbocycles. The summed E-state index contributed by atoms with van der Waals surface area (Å²) in [6, 6.07) is 9.31. The molecule has 0 unspecified atom stereocenters. The smallest absolute Gasteiger partial charge is 0.326 e. The lowest BCUT2D eigenvalue weighted by Gasteiger charge is -2.31. The number of para-hydroxylation sites is 1. The summed E-state index contributed by atoms with van der Waals surface area (Å²) in [5.41, 5.74) is 0.732. The third kappa shape index (κ3) is 5.36. The fourth-order valence-corrected chi connectivity index (χ4v) is 2.76. The van der Waals surface area contributed by atoms with Gasteiger partial charge in [0.15, 0.2) is 0 Å². The molecule has 1 aromatic rings. The summed E-state index contributed by atoms with van der Waals surface area (Å²) >= 11 is 0. The molecule has 5 heteroatoms. The molecule has 126 valence electrons. The Morgan fingerprint density at radius 3 is 2.48 bits per heavy atom. The summed E-state index contributed by atoms with van der Waals surface area (Å²) in [6.45, 7) is 6.52. The van der Waals surface area contributed by atoms with Crippen molar-refractivity contribution in [1.82, 2.24) is 4.90 Å². The maximum absolute atomic E-state index is 12.7. The van der Waals surface area contributed by atoms with Crippen molar-refractivity contribution in [2.75, 3.05) is 37.7 Å². The number of ether oxygens (including phenoxy) is 1. The van der Waals surface area contributed by atoms with Gasteiger partial charge in [-0.05, 0) is 50.9 Å². The van der Waals surface area contributed by atoms with E-state index in [1.54, 1.807) is 6.92 Å². The molecular formula is C18H26N2O3. The molecule has 2 rings (SSSR count). The first kappa shape index (κ1) is 17.5. The van der Waals surface area contributed by atoms with Gasteiger partial charge in [0.25, 0.3) is 0 Å². The highest BCUT2D eigenvalue weighted by molar-refractivity contribution is 5.98. The number of hydrogen-bond acceptors (Lipinski definition) is 4. The largest absolute Gasteiger partial charge is 0.465 e. The van der Waals surface area contributed by atoms with Crippen molar-refractivity contribution in [3.05, 3.63) is 30.3 Å². The van der Waals surface area contributed by atoms with Crippen LogP contribution in [0.4, 0.5) is 5.69 Å². The van der Waals surface area contributed by atoms with E-state index >= 15 is 0 Å². The molecule has 1 aromatic carbocycles. The van der Waals surface area contributed by atoms with Gasteiger partial charge >= 0.3 is 5.97 Å². The van der Waals surface area contributed by atoms with Crippen LogP contribution in [0.5, 0.6) is 0 Å². The first-order valence-electron chi connectivity index (χ1n) is 8.33. The zero-order valence-electron chi connectivity index (χ0n) is 14.0. The van der Waals surface area contributed by atoms with Gasteiger partial charge in [0, 0.05) is 5.69 Å². The van der Waals surface area contributed by atoms with E-state index < -0.39 is 0 Å². The molecule has 0 aliphatic carbocycles. The van der Waals surface area contributed by atoms with Crippen molar-refractivity contribution in [1.29, 1.82) is 0 Å². The zero-order valence-corrected chi connectivity index (χ0v) is 14.0. The van der Waals surface area contributed by atoms with E-state index in [2.05, 4.69) is 11.8 Å². The molecule has 1 heterocycles. The van der Waals surface area contributed by atoms with Crippen molar-refractivity contribution < 1.29 is 14.3 Å². The molecule has 0 N–H and O–H groups in total. The third-order valence-corrected chi connectivity index (χ3v) is 4.20. The molecule has 0 radical (unpaired) electrons. The van der Waals surface area contributed by atoms with Gasteiger partial charge in [-0.25, -0.2) is 0 Å². The number of benzene rings is 1. The molecule has 0 atom stereocenters. The Morgan fingerprint density at radius 2 is 1.87 bits per heavy atom. The van der Waals surface area contributed by atoms with Gasteiger partial charge in [0.05, 0.1) is 13.2 Å². The van der Waals surface area contributed by atoms with E-state index in [1.165, 1.54) is 4.90 Å². The predicted molar refractivity (Wildman–Crippen MR) is 90.3 cm³/mol. The summed E-state index contributed by atoms with van der Waals surface area (Å²) in [6.07, 6.45) is 2.24. The number of carbonyl (C=O) groups excluding carboxylic acids is 2. The van der Waals surface area contributed by atoms with E-state index in [0.717, 1.165) is 37.5 Å². The Hall–Kier alpha value is -1.88. The Morgan fingerprint density at radius 1 is 1.22 bits per heavy atom. The van der Waals surface area contributed by atoms with Crippen LogP contribution >= 0.6 is 0 Å². The minimum atomic E-state index is -0.378. The van der Waals surface area contributed by atoms with Gasteiger partial charge < -0.3 is 9.64 Å². The van der Waals surface area contributed by atoms with E-state index in [0.29, 0.717) is 13.2 Å². The molecule has 0 bridgehead atoms. The van der Waals surface area contributed by atoms with Crippen molar-refractivity contribution >= 4 is 17.6 Å². The minimum Gasteiger partial charge on any atom is -0.465 e. The molecule has 5 nitrogen and oxygen atoms in total. The molecular weight excluding hydrogens is 292 g/mol. The Labute approximate surface area is 138 Å². The van der Waals surface area contributed by atoms with E-state index in [1.807, 2.05) is 30.3 Å². The highest BCUT2D eigenvalue weighted by Crippen LogP contribution is 2.18. The number of likely N-dealkylation sites (tertiary alicyclic amines) is 1. The lowest BCUT2D eigenvalue weighted by Crippen LogP contribution is -2.45. The highest BCUT2D eigenvalue weighted by Gasteiger charge is 2.24. The topological polar surface area (TPSA) is 49.9 Å². The summed E-state index contributed by atoms with van der Waals surface area (Å²) in [5, 5.41) is 0. The van der Waals surface area contributed by atoms with Gasteiger partial charge in [-0.1, -0.05) is 25.1 Å². The first-order chi connectivity index (χ1) is 11.1. The van der Waals surface area contributed by atoms with Crippen LogP contribution in [0, 0.1) is 5.92 Å². The number of rotatable bonds is 6. The average Bonchev–Trinajstić information content (AvgIpc) is 2.56.